The SMILES string of the molecule is CC[C@H](C)[C@@H]1NC(=O)CCCN(C(=O)c2cn[nH]c2C2CCCCC2)CCCNC(=O)c2ccc3[nH]c(=O)n(c3c2)CCCNC1=O. The molecule has 0 radical (unpaired) electrons. The van der Waals surface area contributed by atoms with E-state index in [0.717, 1.165) is 31.4 Å². The number of rotatable bonds is 4. The number of hydrogen-bond donors (Lipinski definition) is 5. The van der Waals surface area contributed by atoms with Crippen LogP contribution in [0.3, 0.4) is 0 Å². The van der Waals surface area contributed by atoms with Crippen LogP contribution >= 0.6 is 0 Å². The Balaban J connectivity index is 1.36. The number of carbonyl (C=O) groups excluding carboxylic acids is 4. The molecule has 13 heteroatoms. The molecule has 254 valence electrons. The first kappa shape index (κ1) is 33.9. The highest BCUT2D eigenvalue weighted by atomic mass is 16.2. The quantitative estimate of drug-likeness (QED) is 0.291. The van der Waals surface area contributed by atoms with Crippen LogP contribution in [-0.4, -0.2) is 80.5 Å². The molecule has 4 amide bonds. The predicted molar refractivity (Wildman–Crippen MR) is 178 cm³/mol. The molecule has 1 aliphatic heterocycles. The van der Waals surface area contributed by atoms with Crippen LogP contribution in [0.2, 0.25) is 0 Å². The second-order valence-electron chi connectivity index (χ2n) is 12.9. The number of nitrogens with one attached hydrogen (secondary N) is 5. The average molecular weight is 649 g/mol. The minimum atomic E-state index is -0.696. The molecule has 2 aliphatic rings. The van der Waals surface area contributed by atoms with Gasteiger partial charge in [-0.1, -0.05) is 39.5 Å². The van der Waals surface area contributed by atoms with E-state index in [-0.39, 0.29) is 47.6 Å². The molecule has 1 saturated carbocycles. The van der Waals surface area contributed by atoms with Crippen molar-refractivity contribution in [2.45, 2.75) is 96.6 Å². The lowest BCUT2D eigenvalue weighted by Crippen LogP contribution is -2.50. The summed E-state index contributed by atoms with van der Waals surface area (Å²) in [6.07, 6.45) is 9.36. The van der Waals surface area contributed by atoms with Gasteiger partial charge in [0.25, 0.3) is 11.8 Å². The van der Waals surface area contributed by atoms with E-state index in [0.29, 0.717) is 80.6 Å². The van der Waals surface area contributed by atoms with Gasteiger partial charge in [0, 0.05) is 50.6 Å². The Hall–Kier alpha value is -4.42. The van der Waals surface area contributed by atoms with Gasteiger partial charge in [-0.3, -0.25) is 28.8 Å². The van der Waals surface area contributed by atoms with E-state index < -0.39 is 6.04 Å². The smallest absolute Gasteiger partial charge is 0.326 e. The maximum absolute atomic E-state index is 13.9. The van der Waals surface area contributed by atoms with E-state index in [2.05, 4.69) is 31.1 Å². The van der Waals surface area contributed by atoms with E-state index in [1.807, 2.05) is 13.8 Å². The van der Waals surface area contributed by atoms with Gasteiger partial charge in [-0.25, -0.2) is 4.79 Å². The van der Waals surface area contributed by atoms with Crippen LogP contribution < -0.4 is 21.6 Å². The van der Waals surface area contributed by atoms with E-state index in [1.54, 1.807) is 33.9 Å². The molecule has 1 aromatic carbocycles. The first-order valence-corrected chi connectivity index (χ1v) is 17.2. The summed E-state index contributed by atoms with van der Waals surface area (Å²) < 4.78 is 1.57. The highest BCUT2D eigenvalue weighted by Crippen LogP contribution is 2.33. The first-order valence-electron chi connectivity index (χ1n) is 17.2. The lowest BCUT2D eigenvalue weighted by molar-refractivity contribution is -0.130. The number of aryl methyl sites for hydroxylation is 1. The Kier molecular flexibility index (Phi) is 11.5. The lowest BCUT2D eigenvalue weighted by atomic mass is 9.85. The highest BCUT2D eigenvalue weighted by molar-refractivity contribution is 5.97. The van der Waals surface area contributed by atoms with E-state index in [4.69, 9.17) is 0 Å². The summed E-state index contributed by atoms with van der Waals surface area (Å²) in [6.45, 7) is 5.62. The van der Waals surface area contributed by atoms with Crippen molar-refractivity contribution in [3.8, 4) is 0 Å². The van der Waals surface area contributed by atoms with Crippen LogP contribution in [0.25, 0.3) is 11.0 Å². The maximum Gasteiger partial charge on any atom is 0.326 e. The summed E-state index contributed by atoms with van der Waals surface area (Å²) in [7, 11) is 0. The van der Waals surface area contributed by atoms with Crippen molar-refractivity contribution >= 4 is 34.7 Å². The molecule has 2 bridgehead atoms. The molecule has 2 atom stereocenters. The molecule has 0 unspecified atom stereocenters. The molecule has 47 heavy (non-hydrogen) atoms. The molecule has 5 N–H and O–H groups in total. The van der Waals surface area contributed by atoms with Crippen molar-refractivity contribution < 1.29 is 19.2 Å². The Bertz CT molecular complexity index is 1620. The number of amides is 4. The van der Waals surface area contributed by atoms with Crippen molar-refractivity contribution in [3.63, 3.8) is 0 Å². The first-order chi connectivity index (χ1) is 22.8. The summed E-state index contributed by atoms with van der Waals surface area (Å²) in [5.41, 5.74) is 2.80. The number of H-pyrrole nitrogens is 2. The minimum Gasteiger partial charge on any atom is -0.354 e. The van der Waals surface area contributed by atoms with Gasteiger partial charge in [0.2, 0.25) is 11.8 Å². The Morgan fingerprint density at radius 1 is 0.957 bits per heavy atom. The minimum absolute atomic E-state index is 0.0855. The Morgan fingerprint density at radius 3 is 2.49 bits per heavy atom. The van der Waals surface area contributed by atoms with Gasteiger partial charge < -0.3 is 25.8 Å². The lowest BCUT2D eigenvalue weighted by Gasteiger charge is -2.26. The topological polar surface area (TPSA) is 174 Å². The zero-order valence-corrected chi connectivity index (χ0v) is 27.5. The van der Waals surface area contributed by atoms with Gasteiger partial charge in [-0.15, -0.1) is 0 Å². The van der Waals surface area contributed by atoms with E-state index in [9.17, 15) is 24.0 Å². The molecule has 0 saturated heterocycles. The monoisotopic (exact) mass is 648 g/mol. The number of aromatic amines is 2. The molecule has 3 heterocycles. The molecular weight excluding hydrogens is 600 g/mol. The van der Waals surface area contributed by atoms with Gasteiger partial charge in [0.05, 0.1) is 28.5 Å². The zero-order valence-electron chi connectivity index (χ0n) is 27.5. The van der Waals surface area contributed by atoms with E-state index >= 15 is 0 Å². The average Bonchev–Trinajstić information content (AvgIpc) is 3.69. The largest absolute Gasteiger partial charge is 0.354 e. The van der Waals surface area contributed by atoms with Crippen molar-refractivity contribution in [2.24, 2.45) is 5.92 Å². The summed E-state index contributed by atoms with van der Waals surface area (Å²) >= 11 is 0. The molecule has 2 aromatic heterocycles. The third kappa shape index (κ3) is 8.30. The normalized spacial score (nSPS) is 20.7. The summed E-state index contributed by atoms with van der Waals surface area (Å²) in [6, 6.07) is 4.39. The van der Waals surface area contributed by atoms with Crippen LogP contribution in [0.15, 0.2) is 29.2 Å². The fraction of sp³-hybridized carbons (Fsp3) is 0.588. The number of aromatic nitrogens is 4. The number of hydrogen-bond acceptors (Lipinski definition) is 6. The maximum atomic E-state index is 13.9. The summed E-state index contributed by atoms with van der Waals surface area (Å²) in [5.74, 6) is -0.746. The number of fused-ring (bicyclic) bond motifs is 1. The van der Waals surface area contributed by atoms with Crippen molar-refractivity contribution in [1.29, 1.82) is 0 Å². The fourth-order valence-electron chi connectivity index (χ4n) is 6.68. The van der Waals surface area contributed by atoms with E-state index in [1.165, 1.54) is 6.42 Å². The van der Waals surface area contributed by atoms with Gasteiger partial charge >= 0.3 is 5.69 Å². The second kappa shape index (κ2) is 15.9. The number of benzene rings is 1. The summed E-state index contributed by atoms with van der Waals surface area (Å²) in [5, 5.41) is 16.1. The third-order valence-electron chi connectivity index (χ3n) is 9.63. The molecular formula is C34H48N8O5. The third-order valence-corrected chi connectivity index (χ3v) is 9.63. The highest BCUT2D eigenvalue weighted by Gasteiger charge is 2.28. The predicted octanol–water partition coefficient (Wildman–Crippen LogP) is 3.19. The van der Waals surface area contributed by atoms with Crippen LogP contribution in [0.4, 0.5) is 0 Å². The van der Waals surface area contributed by atoms with Crippen molar-refractivity contribution in [3.05, 3.63) is 51.7 Å². The Morgan fingerprint density at radius 2 is 1.70 bits per heavy atom. The molecule has 1 fully saturated rings. The molecule has 1 aliphatic carbocycles. The fourth-order valence-corrected chi connectivity index (χ4v) is 6.68. The van der Waals surface area contributed by atoms with Gasteiger partial charge in [0.15, 0.2) is 0 Å². The second-order valence-corrected chi connectivity index (χ2v) is 12.9. The van der Waals surface area contributed by atoms with Gasteiger partial charge in [-0.05, 0) is 56.2 Å². The zero-order chi connectivity index (χ0) is 33.3. The van der Waals surface area contributed by atoms with Crippen LogP contribution in [0.1, 0.15) is 110 Å². The van der Waals surface area contributed by atoms with Crippen molar-refractivity contribution in [1.82, 2.24) is 40.6 Å². The number of nitrogens with zero attached hydrogens (tertiary/aromatic N) is 3. The number of carbonyl (C=O) groups is 4. The molecule has 3 aromatic rings. The standard InChI is InChI=1S/C34H48N8O5/c1-3-22(2)29-32(45)36-16-9-19-42-27-20-24(13-14-26(27)38-34(42)47)31(44)35-15-8-18-41(17-7-12-28(43)39-29)33(46)25-21-37-40-30(25)23-10-5-4-6-11-23/h13-14,20-23,29H,3-12,15-19H2,1-2H3,(H,35,44)(H,36,45)(H,37,40)(H,38,47)(H,39,43)/t22-,29-/m0/s1. The van der Waals surface area contributed by atoms with Crippen molar-refractivity contribution in [2.75, 3.05) is 26.2 Å². The Labute approximate surface area is 274 Å². The number of imidazole rings is 1. The van der Waals surface area contributed by atoms with Crippen LogP contribution in [0, 0.1) is 5.92 Å². The molecule has 13 nitrogen and oxygen atoms in total. The summed E-state index contributed by atoms with van der Waals surface area (Å²) in [4.78, 5) is 70.6. The molecule has 5 rings (SSSR count). The molecule has 0 spiro atoms. The van der Waals surface area contributed by atoms with Crippen LogP contribution in [0.5, 0.6) is 0 Å². The van der Waals surface area contributed by atoms with Crippen LogP contribution in [-0.2, 0) is 16.1 Å². The van der Waals surface area contributed by atoms with Gasteiger partial charge in [0.1, 0.15) is 6.04 Å². The van der Waals surface area contributed by atoms with Gasteiger partial charge in [-0.2, -0.15) is 5.10 Å².